The molecule has 0 aliphatic heterocycles. The molecular weight excluding hydrogens is 120 g/mol. The molecule has 0 bridgehead atoms. The summed E-state index contributed by atoms with van der Waals surface area (Å²) >= 11 is 0. The van der Waals surface area contributed by atoms with Crippen LogP contribution in [0.5, 0.6) is 0 Å². The van der Waals surface area contributed by atoms with Crippen molar-refractivity contribution in [1.29, 1.82) is 0 Å². The summed E-state index contributed by atoms with van der Waals surface area (Å²) in [6.07, 6.45) is 6.76. The molecule has 1 fully saturated rings. The minimum atomic E-state index is 0.427. The van der Waals surface area contributed by atoms with Crippen LogP contribution in [-0.2, 0) is 0 Å². The molecule has 0 aromatic rings. The van der Waals surface area contributed by atoms with Gasteiger partial charge in [-0.2, -0.15) is 0 Å². The highest BCUT2D eigenvalue weighted by Crippen LogP contribution is 2.37. The zero-order chi connectivity index (χ0) is 7.61. The molecule has 0 heterocycles. The first-order valence-electron chi connectivity index (χ1n) is 4.31. The predicted octanol–water partition coefficient (Wildman–Crippen LogP) is 3.53. The summed E-state index contributed by atoms with van der Waals surface area (Å²) in [4.78, 5) is 0. The molecule has 0 radical (unpaired) electrons. The molecule has 1 aliphatic carbocycles. The van der Waals surface area contributed by atoms with Crippen molar-refractivity contribution in [3.63, 3.8) is 0 Å². The van der Waals surface area contributed by atoms with Gasteiger partial charge in [-0.1, -0.05) is 38.8 Å². The Bertz CT molecular complexity index is 131. The van der Waals surface area contributed by atoms with Crippen molar-refractivity contribution in [3.8, 4) is 0 Å². The first kappa shape index (κ1) is 7.84. The maximum Gasteiger partial charge on any atom is -0.0147 e. The molecule has 0 heteroatoms. The van der Waals surface area contributed by atoms with Crippen LogP contribution in [0.3, 0.4) is 0 Å². The van der Waals surface area contributed by atoms with Gasteiger partial charge < -0.3 is 0 Å². The van der Waals surface area contributed by atoms with Crippen molar-refractivity contribution in [2.75, 3.05) is 0 Å². The van der Waals surface area contributed by atoms with E-state index in [1.807, 2.05) is 0 Å². The Morgan fingerprint density at radius 1 is 1.20 bits per heavy atom. The van der Waals surface area contributed by atoms with Crippen LogP contribution < -0.4 is 0 Å². The van der Waals surface area contributed by atoms with E-state index in [4.69, 9.17) is 0 Å². The Morgan fingerprint density at radius 2 is 1.90 bits per heavy atom. The smallest absolute Gasteiger partial charge is 0.0147 e. The summed E-state index contributed by atoms with van der Waals surface area (Å²) < 4.78 is 0. The highest BCUT2D eigenvalue weighted by molar-refractivity contribution is 5.07. The van der Waals surface area contributed by atoms with Gasteiger partial charge in [0.05, 0.1) is 0 Å². The van der Waals surface area contributed by atoms with Gasteiger partial charge in [0.15, 0.2) is 0 Å². The van der Waals surface area contributed by atoms with Crippen molar-refractivity contribution in [2.45, 2.75) is 46.0 Å². The summed E-state index contributed by atoms with van der Waals surface area (Å²) in [7, 11) is 0. The first-order chi connectivity index (χ1) is 4.63. The summed E-state index contributed by atoms with van der Waals surface area (Å²) in [5.74, 6) is 0. The van der Waals surface area contributed by atoms with Crippen molar-refractivity contribution in [3.05, 3.63) is 12.2 Å². The van der Waals surface area contributed by atoms with Gasteiger partial charge in [0.1, 0.15) is 0 Å². The lowest BCUT2D eigenvalue weighted by Gasteiger charge is -2.24. The van der Waals surface area contributed by atoms with Gasteiger partial charge in [0.2, 0.25) is 0 Å². The van der Waals surface area contributed by atoms with E-state index in [1.54, 1.807) is 0 Å². The van der Waals surface area contributed by atoms with Gasteiger partial charge >= 0.3 is 0 Å². The zero-order valence-corrected chi connectivity index (χ0v) is 7.24. The minimum Gasteiger partial charge on any atom is -0.0993 e. The van der Waals surface area contributed by atoms with E-state index in [-0.39, 0.29) is 0 Å². The van der Waals surface area contributed by atoms with Crippen molar-refractivity contribution in [1.82, 2.24) is 0 Å². The Labute approximate surface area is 64.3 Å². The van der Waals surface area contributed by atoms with Gasteiger partial charge in [0, 0.05) is 0 Å². The first-order valence-corrected chi connectivity index (χ1v) is 4.31. The molecule has 0 N–H and O–H groups in total. The molecule has 58 valence electrons. The molecule has 0 atom stereocenters. The lowest BCUT2D eigenvalue weighted by molar-refractivity contribution is 0.404. The van der Waals surface area contributed by atoms with Crippen LogP contribution in [0.25, 0.3) is 0 Å². The summed E-state index contributed by atoms with van der Waals surface area (Å²) in [6, 6.07) is 0. The molecule has 1 saturated carbocycles. The van der Waals surface area contributed by atoms with Crippen LogP contribution >= 0.6 is 0 Å². The number of hydrogen-bond donors (Lipinski definition) is 0. The van der Waals surface area contributed by atoms with Crippen LogP contribution in [-0.4, -0.2) is 0 Å². The Morgan fingerprint density at radius 3 is 2.60 bits per heavy atom. The van der Waals surface area contributed by atoms with Crippen LogP contribution in [0.1, 0.15) is 46.0 Å². The fourth-order valence-corrected chi connectivity index (χ4v) is 1.60. The summed E-state index contributed by atoms with van der Waals surface area (Å²) in [5, 5.41) is 0. The lowest BCUT2D eigenvalue weighted by atomic mass is 9.81. The molecule has 1 aliphatic rings. The summed E-state index contributed by atoms with van der Waals surface area (Å²) in [5.41, 5.74) is 1.89. The van der Waals surface area contributed by atoms with Gasteiger partial charge in [-0.05, 0) is 24.7 Å². The molecule has 0 aromatic heterocycles. The van der Waals surface area contributed by atoms with E-state index < -0.39 is 0 Å². The molecule has 10 heavy (non-hydrogen) atoms. The molecule has 0 unspecified atom stereocenters. The maximum atomic E-state index is 4.13. The van der Waals surface area contributed by atoms with Gasteiger partial charge in [-0.3, -0.25) is 0 Å². The van der Waals surface area contributed by atoms with Crippen molar-refractivity contribution >= 4 is 0 Å². The fraction of sp³-hybridized carbons (Fsp3) is 0.800. The monoisotopic (exact) mass is 138 g/mol. The normalized spacial score (nSPS) is 26.0. The molecule has 0 spiro atoms. The van der Waals surface area contributed by atoms with E-state index in [0.29, 0.717) is 5.41 Å². The Hall–Kier alpha value is -0.260. The largest absolute Gasteiger partial charge is 0.0993 e. The van der Waals surface area contributed by atoms with Crippen LogP contribution in [0.2, 0.25) is 0 Å². The standard InChI is InChI=1S/C10H18/c1-9-7-5-4-6-8-10(9,2)3/h1,4-8H2,2-3H3. The SMILES string of the molecule is C=C1CCCCCC1(C)C. The van der Waals surface area contributed by atoms with Crippen LogP contribution in [0.15, 0.2) is 12.2 Å². The van der Waals surface area contributed by atoms with Crippen LogP contribution in [0, 0.1) is 5.41 Å². The highest BCUT2D eigenvalue weighted by Gasteiger charge is 2.22. The molecule has 0 nitrogen and oxygen atoms in total. The molecule has 0 amide bonds. The average Bonchev–Trinajstić information content (AvgIpc) is 1.96. The molecule has 1 rings (SSSR count). The Balaban J connectivity index is 2.61. The third kappa shape index (κ3) is 1.62. The third-order valence-electron chi connectivity index (χ3n) is 2.74. The van der Waals surface area contributed by atoms with Crippen molar-refractivity contribution in [2.24, 2.45) is 5.41 Å². The molecule has 0 aromatic carbocycles. The second-order valence-electron chi connectivity index (χ2n) is 4.05. The minimum absolute atomic E-state index is 0.427. The van der Waals surface area contributed by atoms with Gasteiger partial charge in [-0.25, -0.2) is 0 Å². The average molecular weight is 138 g/mol. The predicted molar refractivity (Wildman–Crippen MR) is 46.0 cm³/mol. The van der Waals surface area contributed by atoms with Gasteiger partial charge in [0.25, 0.3) is 0 Å². The van der Waals surface area contributed by atoms with E-state index in [1.165, 1.54) is 37.7 Å². The van der Waals surface area contributed by atoms with E-state index >= 15 is 0 Å². The maximum absolute atomic E-state index is 4.13. The zero-order valence-electron chi connectivity index (χ0n) is 7.24. The molecular formula is C10H18. The van der Waals surface area contributed by atoms with E-state index in [9.17, 15) is 0 Å². The number of rotatable bonds is 0. The third-order valence-corrected chi connectivity index (χ3v) is 2.74. The van der Waals surface area contributed by atoms with E-state index in [0.717, 1.165) is 0 Å². The van der Waals surface area contributed by atoms with Gasteiger partial charge in [-0.15, -0.1) is 0 Å². The highest BCUT2D eigenvalue weighted by atomic mass is 14.3. The fourth-order valence-electron chi connectivity index (χ4n) is 1.60. The van der Waals surface area contributed by atoms with Crippen molar-refractivity contribution < 1.29 is 0 Å². The lowest BCUT2D eigenvalue weighted by Crippen LogP contribution is -2.11. The Kier molecular flexibility index (Phi) is 2.18. The molecule has 0 saturated heterocycles. The van der Waals surface area contributed by atoms with Crippen LogP contribution in [0.4, 0.5) is 0 Å². The quantitative estimate of drug-likeness (QED) is 0.355. The number of allylic oxidation sites excluding steroid dienone is 1. The second-order valence-corrected chi connectivity index (χ2v) is 4.05. The summed E-state index contributed by atoms with van der Waals surface area (Å²) in [6.45, 7) is 8.77. The topological polar surface area (TPSA) is 0 Å². The van der Waals surface area contributed by atoms with E-state index in [2.05, 4.69) is 20.4 Å². The second kappa shape index (κ2) is 2.77. The number of hydrogen-bond acceptors (Lipinski definition) is 0.